The van der Waals surface area contributed by atoms with E-state index in [-0.39, 0.29) is 35.4 Å². The summed E-state index contributed by atoms with van der Waals surface area (Å²) in [6, 6.07) is 3.13. The van der Waals surface area contributed by atoms with Crippen LogP contribution >= 0.6 is 23.2 Å². The van der Waals surface area contributed by atoms with Crippen molar-refractivity contribution in [2.24, 2.45) is 5.92 Å². The number of benzene rings is 1. The molecular weight excluding hydrogens is 317 g/mol. The Hall–Kier alpha value is -1.46. The third-order valence-electron chi connectivity index (χ3n) is 2.72. The van der Waals surface area contributed by atoms with Crippen LogP contribution < -0.4 is 5.73 Å². The molecule has 21 heavy (non-hydrogen) atoms. The minimum atomic E-state index is -1.05. The summed E-state index contributed by atoms with van der Waals surface area (Å²) in [5.41, 5.74) is 6.51. The zero-order chi connectivity index (χ0) is 16.0. The first-order valence-corrected chi connectivity index (χ1v) is 7.22. The second-order valence-electron chi connectivity index (χ2n) is 4.23. The molecule has 0 bridgehead atoms. The van der Waals surface area contributed by atoms with Gasteiger partial charge in [-0.05, 0) is 38.0 Å². The second-order valence-corrected chi connectivity index (χ2v) is 5.05. The summed E-state index contributed by atoms with van der Waals surface area (Å²) >= 11 is 11.9. The number of hydrogen-bond donors (Lipinski definition) is 1. The smallest absolute Gasteiger partial charge is 0.320 e. The van der Waals surface area contributed by atoms with Gasteiger partial charge < -0.3 is 15.2 Å². The molecule has 0 atom stereocenters. The molecule has 7 heteroatoms. The molecule has 0 aromatic heterocycles. The van der Waals surface area contributed by atoms with Crippen molar-refractivity contribution >= 4 is 40.8 Å². The lowest BCUT2D eigenvalue weighted by molar-refractivity contribution is -0.161. The number of halogens is 2. The Kier molecular flexibility index (Phi) is 6.78. The highest BCUT2D eigenvalue weighted by Crippen LogP contribution is 2.30. The van der Waals surface area contributed by atoms with E-state index in [1.807, 2.05) is 0 Å². The van der Waals surface area contributed by atoms with Crippen LogP contribution in [0.4, 0.5) is 5.69 Å². The van der Waals surface area contributed by atoms with Gasteiger partial charge in [0.15, 0.2) is 5.92 Å². The Labute approximate surface area is 133 Å². The highest BCUT2D eigenvalue weighted by Gasteiger charge is 2.30. The molecule has 0 unspecified atom stereocenters. The monoisotopic (exact) mass is 333 g/mol. The van der Waals surface area contributed by atoms with Gasteiger partial charge in [-0.25, -0.2) is 0 Å². The van der Waals surface area contributed by atoms with Gasteiger partial charge in [-0.1, -0.05) is 23.2 Å². The average Bonchev–Trinajstić information content (AvgIpc) is 2.42. The van der Waals surface area contributed by atoms with Gasteiger partial charge in [0.25, 0.3) is 0 Å². The minimum absolute atomic E-state index is 0.0807. The Morgan fingerprint density at radius 1 is 1.10 bits per heavy atom. The lowest BCUT2D eigenvalue weighted by Crippen LogP contribution is -2.30. The molecule has 0 radical (unpaired) electrons. The van der Waals surface area contributed by atoms with Crippen LogP contribution in [0.15, 0.2) is 12.1 Å². The molecule has 5 nitrogen and oxygen atoms in total. The molecule has 0 spiro atoms. The van der Waals surface area contributed by atoms with Crippen molar-refractivity contribution in [2.45, 2.75) is 20.3 Å². The second kappa shape index (κ2) is 8.10. The normalized spacial score (nSPS) is 10.5. The van der Waals surface area contributed by atoms with Crippen LogP contribution in [0.2, 0.25) is 10.0 Å². The number of anilines is 1. The summed E-state index contributed by atoms with van der Waals surface area (Å²) in [6.07, 6.45) is 0.0807. The zero-order valence-corrected chi connectivity index (χ0v) is 13.3. The lowest BCUT2D eigenvalue weighted by atomic mass is 9.99. The first-order valence-electron chi connectivity index (χ1n) is 6.47. The van der Waals surface area contributed by atoms with Gasteiger partial charge in [0.1, 0.15) is 0 Å². The van der Waals surface area contributed by atoms with Crippen molar-refractivity contribution in [2.75, 3.05) is 18.9 Å². The topological polar surface area (TPSA) is 78.6 Å². The Morgan fingerprint density at radius 2 is 1.52 bits per heavy atom. The number of carbonyl (C=O) groups is 2. The van der Waals surface area contributed by atoms with Gasteiger partial charge in [0.05, 0.1) is 28.9 Å². The molecular formula is C14H17Cl2NO4. The molecule has 116 valence electrons. The first kappa shape index (κ1) is 17.6. The summed E-state index contributed by atoms with van der Waals surface area (Å²) in [7, 11) is 0. The van der Waals surface area contributed by atoms with Crippen LogP contribution in [0.1, 0.15) is 19.4 Å². The quantitative estimate of drug-likeness (QED) is 0.492. The van der Waals surface area contributed by atoms with Gasteiger partial charge in [-0.3, -0.25) is 9.59 Å². The molecule has 0 saturated heterocycles. The summed E-state index contributed by atoms with van der Waals surface area (Å²) < 4.78 is 9.79. The van der Waals surface area contributed by atoms with Crippen molar-refractivity contribution in [3.63, 3.8) is 0 Å². The highest BCUT2D eigenvalue weighted by molar-refractivity contribution is 6.38. The van der Waals surface area contributed by atoms with Crippen molar-refractivity contribution in [1.29, 1.82) is 0 Å². The molecule has 1 rings (SSSR count). The number of rotatable bonds is 6. The average molecular weight is 334 g/mol. The molecule has 1 aromatic rings. The number of esters is 2. The van der Waals surface area contributed by atoms with Crippen LogP contribution in [0, 0.1) is 5.92 Å². The first-order chi connectivity index (χ1) is 9.90. The summed E-state index contributed by atoms with van der Waals surface area (Å²) in [5, 5.41) is 0.535. The lowest BCUT2D eigenvalue weighted by Gasteiger charge is -2.15. The Morgan fingerprint density at radius 3 is 1.90 bits per heavy atom. The van der Waals surface area contributed by atoms with Crippen molar-refractivity contribution < 1.29 is 19.1 Å². The standard InChI is InChI=1S/C14H17Cl2NO4/c1-3-20-13(18)9(14(19)21-4-2)5-8-6-10(15)12(17)11(16)7-8/h6-7,9H,3-5,17H2,1-2H3. The van der Waals surface area contributed by atoms with Gasteiger partial charge in [-0.2, -0.15) is 0 Å². The molecule has 0 fully saturated rings. The van der Waals surface area contributed by atoms with Gasteiger partial charge in [-0.15, -0.1) is 0 Å². The van der Waals surface area contributed by atoms with E-state index in [4.69, 9.17) is 38.4 Å². The molecule has 2 N–H and O–H groups in total. The Bertz CT molecular complexity index is 493. The molecule has 0 aliphatic heterocycles. The number of ether oxygens (including phenoxy) is 2. The largest absolute Gasteiger partial charge is 0.465 e. The maximum atomic E-state index is 11.9. The summed E-state index contributed by atoms with van der Waals surface area (Å²) in [5.74, 6) is -2.33. The van der Waals surface area contributed by atoms with E-state index in [9.17, 15) is 9.59 Å². The van der Waals surface area contributed by atoms with Crippen LogP contribution in [-0.4, -0.2) is 25.2 Å². The number of hydrogen-bond acceptors (Lipinski definition) is 5. The maximum Gasteiger partial charge on any atom is 0.320 e. The van der Waals surface area contributed by atoms with Gasteiger partial charge in [0.2, 0.25) is 0 Å². The SMILES string of the molecule is CCOC(=O)C(Cc1cc(Cl)c(N)c(Cl)c1)C(=O)OCC. The van der Waals surface area contributed by atoms with E-state index in [0.29, 0.717) is 5.56 Å². The minimum Gasteiger partial charge on any atom is -0.465 e. The molecule has 0 amide bonds. The number of nitrogen functional groups attached to an aromatic ring is 1. The van der Waals surface area contributed by atoms with E-state index < -0.39 is 17.9 Å². The van der Waals surface area contributed by atoms with Gasteiger partial charge >= 0.3 is 11.9 Å². The summed E-state index contributed by atoms with van der Waals surface area (Å²) in [4.78, 5) is 23.8. The van der Waals surface area contributed by atoms with E-state index >= 15 is 0 Å². The summed E-state index contributed by atoms with van der Waals surface area (Å²) in [6.45, 7) is 3.68. The Balaban J connectivity index is 3.00. The molecule has 0 saturated carbocycles. The predicted molar refractivity (Wildman–Crippen MR) is 81.3 cm³/mol. The van der Waals surface area contributed by atoms with Crippen LogP contribution in [0.25, 0.3) is 0 Å². The number of carbonyl (C=O) groups excluding carboxylic acids is 2. The number of nitrogens with two attached hydrogens (primary N) is 1. The fourth-order valence-electron chi connectivity index (χ4n) is 1.74. The third kappa shape index (κ3) is 4.79. The van der Waals surface area contributed by atoms with Crippen LogP contribution in [0.3, 0.4) is 0 Å². The molecule has 0 heterocycles. The fraction of sp³-hybridized carbons (Fsp3) is 0.429. The van der Waals surface area contributed by atoms with Gasteiger partial charge in [0, 0.05) is 0 Å². The van der Waals surface area contributed by atoms with E-state index in [0.717, 1.165) is 0 Å². The highest BCUT2D eigenvalue weighted by atomic mass is 35.5. The predicted octanol–water partition coefficient (Wildman–Crippen LogP) is 2.86. The molecule has 0 aliphatic rings. The molecule has 0 aliphatic carbocycles. The zero-order valence-electron chi connectivity index (χ0n) is 11.8. The van der Waals surface area contributed by atoms with Crippen molar-refractivity contribution in [3.05, 3.63) is 27.7 Å². The van der Waals surface area contributed by atoms with Crippen molar-refractivity contribution in [3.8, 4) is 0 Å². The van der Waals surface area contributed by atoms with Crippen LogP contribution in [0.5, 0.6) is 0 Å². The van der Waals surface area contributed by atoms with E-state index in [2.05, 4.69) is 0 Å². The van der Waals surface area contributed by atoms with Crippen molar-refractivity contribution in [1.82, 2.24) is 0 Å². The third-order valence-corrected chi connectivity index (χ3v) is 3.35. The maximum absolute atomic E-state index is 11.9. The van der Waals surface area contributed by atoms with Crippen LogP contribution in [-0.2, 0) is 25.5 Å². The van der Waals surface area contributed by atoms with E-state index in [1.54, 1.807) is 26.0 Å². The molecule has 1 aromatic carbocycles. The fourth-order valence-corrected chi connectivity index (χ4v) is 2.27. The van der Waals surface area contributed by atoms with E-state index in [1.165, 1.54) is 0 Å².